The van der Waals surface area contributed by atoms with Gasteiger partial charge >= 0.3 is 5.97 Å². The van der Waals surface area contributed by atoms with Gasteiger partial charge in [-0.1, -0.05) is 0 Å². The number of nitrogens with one attached hydrogen (secondary N) is 1. The average molecular weight is 260 g/mol. The Hall–Kier alpha value is -2.21. The number of ether oxygens (including phenoxy) is 1. The molecule has 3 rings (SSSR count). The van der Waals surface area contributed by atoms with Crippen LogP contribution < -0.4 is 5.56 Å². The van der Waals surface area contributed by atoms with Gasteiger partial charge in [-0.3, -0.25) is 9.78 Å². The molecule has 0 bridgehead atoms. The maximum absolute atomic E-state index is 11.8. The summed E-state index contributed by atoms with van der Waals surface area (Å²) in [5, 5.41) is 5.07. The Balaban J connectivity index is 2.39. The number of H-pyrrole nitrogens is 1. The van der Waals surface area contributed by atoms with Crippen LogP contribution in [0.3, 0.4) is 0 Å². The molecule has 3 aromatic rings. The Labute approximate surface area is 105 Å². The van der Waals surface area contributed by atoms with E-state index < -0.39 is 5.97 Å². The van der Waals surface area contributed by atoms with Crippen LogP contribution in [0, 0.1) is 0 Å². The van der Waals surface area contributed by atoms with Crippen LogP contribution in [-0.4, -0.2) is 23.0 Å². The van der Waals surface area contributed by atoms with Gasteiger partial charge in [-0.15, -0.1) is 0 Å². The van der Waals surface area contributed by atoms with E-state index in [1.165, 1.54) is 24.6 Å². The SMILES string of the molecule is COC(=O)c1cnc2c(c1)[nH]c(=O)c1cscc12. The zero-order valence-electron chi connectivity index (χ0n) is 9.39. The molecule has 0 saturated carbocycles. The lowest BCUT2D eigenvalue weighted by atomic mass is 10.2. The van der Waals surface area contributed by atoms with Crippen molar-refractivity contribution < 1.29 is 9.53 Å². The smallest absolute Gasteiger partial charge is 0.339 e. The summed E-state index contributed by atoms with van der Waals surface area (Å²) in [7, 11) is 1.30. The highest BCUT2D eigenvalue weighted by atomic mass is 32.1. The Bertz CT molecular complexity index is 819. The third-order valence-electron chi connectivity index (χ3n) is 2.72. The minimum absolute atomic E-state index is 0.178. The Morgan fingerprint density at radius 2 is 2.17 bits per heavy atom. The first kappa shape index (κ1) is 10.9. The fourth-order valence-electron chi connectivity index (χ4n) is 1.85. The molecule has 3 aromatic heterocycles. The first-order valence-electron chi connectivity index (χ1n) is 5.17. The highest BCUT2D eigenvalue weighted by Crippen LogP contribution is 2.23. The van der Waals surface area contributed by atoms with E-state index >= 15 is 0 Å². The predicted octanol–water partition coefficient (Wildman–Crippen LogP) is 1.92. The van der Waals surface area contributed by atoms with Crippen LogP contribution in [0.4, 0.5) is 0 Å². The number of hydrogen-bond donors (Lipinski definition) is 1. The van der Waals surface area contributed by atoms with Gasteiger partial charge in [0.05, 0.1) is 29.1 Å². The number of aromatic nitrogens is 2. The third kappa shape index (κ3) is 1.50. The van der Waals surface area contributed by atoms with E-state index in [0.29, 0.717) is 22.0 Å². The van der Waals surface area contributed by atoms with Crippen molar-refractivity contribution in [2.75, 3.05) is 7.11 Å². The van der Waals surface area contributed by atoms with Gasteiger partial charge in [0.1, 0.15) is 0 Å². The van der Waals surface area contributed by atoms with Crippen molar-refractivity contribution in [3.05, 3.63) is 38.9 Å². The van der Waals surface area contributed by atoms with Crippen molar-refractivity contribution in [3.63, 3.8) is 0 Å². The van der Waals surface area contributed by atoms with Gasteiger partial charge in [-0.05, 0) is 6.07 Å². The first-order chi connectivity index (χ1) is 8.70. The molecule has 0 aromatic carbocycles. The lowest BCUT2D eigenvalue weighted by molar-refractivity contribution is 0.0600. The third-order valence-corrected chi connectivity index (χ3v) is 3.46. The van der Waals surface area contributed by atoms with Crippen molar-refractivity contribution in [3.8, 4) is 0 Å². The molecule has 6 heteroatoms. The van der Waals surface area contributed by atoms with Gasteiger partial charge in [0.25, 0.3) is 5.56 Å². The number of fused-ring (bicyclic) bond motifs is 3. The van der Waals surface area contributed by atoms with Gasteiger partial charge < -0.3 is 9.72 Å². The van der Waals surface area contributed by atoms with Gasteiger partial charge in [0, 0.05) is 22.3 Å². The monoisotopic (exact) mass is 260 g/mol. The molecule has 1 N–H and O–H groups in total. The van der Waals surface area contributed by atoms with Gasteiger partial charge in [-0.25, -0.2) is 4.79 Å². The zero-order valence-corrected chi connectivity index (χ0v) is 10.2. The molecule has 0 aliphatic carbocycles. The van der Waals surface area contributed by atoms with Crippen molar-refractivity contribution in [2.24, 2.45) is 0 Å². The number of aromatic amines is 1. The maximum Gasteiger partial charge on any atom is 0.339 e. The Morgan fingerprint density at radius 3 is 2.94 bits per heavy atom. The average Bonchev–Trinajstić information content (AvgIpc) is 2.87. The number of carbonyl (C=O) groups is 1. The van der Waals surface area contributed by atoms with Crippen molar-refractivity contribution in [1.82, 2.24) is 9.97 Å². The van der Waals surface area contributed by atoms with E-state index in [-0.39, 0.29) is 5.56 Å². The lowest BCUT2D eigenvalue weighted by Gasteiger charge is -2.02. The van der Waals surface area contributed by atoms with Crippen LogP contribution in [0.15, 0.2) is 27.8 Å². The van der Waals surface area contributed by atoms with Crippen molar-refractivity contribution in [2.45, 2.75) is 0 Å². The molecule has 0 fully saturated rings. The number of pyridine rings is 2. The second-order valence-electron chi connectivity index (χ2n) is 3.77. The summed E-state index contributed by atoms with van der Waals surface area (Å²) >= 11 is 1.45. The number of rotatable bonds is 1. The van der Waals surface area contributed by atoms with Gasteiger partial charge in [-0.2, -0.15) is 11.3 Å². The highest BCUT2D eigenvalue weighted by Gasteiger charge is 2.11. The Morgan fingerprint density at radius 1 is 1.39 bits per heavy atom. The van der Waals surface area contributed by atoms with Crippen LogP contribution >= 0.6 is 11.3 Å². The molecule has 0 unspecified atom stereocenters. The summed E-state index contributed by atoms with van der Waals surface area (Å²) < 4.78 is 4.62. The summed E-state index contributed by atoms with van der Waals surface area (Å²) in [6.07, 6.45) is 1.45. The molecule has 0 radical (unpaired) electrons. The maximum atomic E-state index is 11.8. The fourth-order valence-corrected chi connectivity index (χ4v) is 2.66. The minimum Gasteiger partial charge on any atom is -0.465 e. The van der Waals surface area contributed by atoms with Gasteiger partial charge in [0.2, 0.25) is 0 Å². The number of thiophene rings is 1. The van der Waals surface area contributed by atoms with Crippen molar-refractivity contribution in [1.29, 1.82) is 0 Å². The largest absolute Gasteiger partial charge is 0.465 e. The summed E-state index contributed by atoms with van der Waals surface area (Å²) in [6.45, 7) is 0. The summed E-state index contributed by atoms with van der Waals surface area (Å²) in [4.78, 5) is 30.2. The summed E-state index contributed by atoms with van der Waals surface area (Å²) in [6, 6.07) is 1.58. The van der Waals surface area contributed by atoms with E-state index in [2.05, 4.69) is 14.7 Å². The topological polar surface area (TPSA) is 72.0 Å². The predicted molar refractivity (Wildman–Crippen MR) is 69.1 cm³/mol. The molecule has 0 saturated heterocycles. The molecule has 18 heavy (non-hydrogen) atoms. The molecule has 0 aliphatic rings. The van der Waals surface area contributed by atoms with E-state index in [4.69, 9.17) is 0 Å². The molecule has 5 nitrogen and oxygen atoms in total. The standard InChI is InChI=1S/C12H8N2O3S/c1-17-12(16)6-2-9-10(13-3-6)7-4-18-5-8(7)11(15)14-9/h2-5H,1H3,(H,14,15). The molecular weight excluding hydrogens is 252 g/mol. The normalized spacial score (nSPS) is 10.9. The number of nitrogens with zero attached hydrogens (tertiary/aromatic N) is 1. The minimum atomic E-state index is -0.476. The highest BCUT2D eigenvalue weighted by molar-refractivity contribution is 7.09. The fraction of sp³-hybridized carbons (Fsp3) is 0.0833. The van der Waals surface area contributed by atoms with Crippen LogP contribution in [0.25, 0.3) is 21.8 Å². The number of hydrogen-bond acceptors (Lipinski definition) is 5. The van der Waals surface area contributed by atoms with E-state index in [9.17, 15) is 9.59 Å². The van der Waals surface area contributed by atoms with E-state index in [0.717, 1.165) is 5.39 Å². The number of esters is 1. The van der Waals surface area contributed by atoms with Crippen molar-refractivity contribution >= 4 is 39.1 Å². The second kappa shape index (κ2) is 3.92. The lowest BCUT2D eigenvalue weighted by Crippen LogP contribution is -2.07. The van der Waals surface area contributed by atoms with Crippen LogP contribution in [0.1, 0.15) is 10.4 Å². The van der Waals surface area contributed by atoms with Gasteiger partial charge in [0.15, 0.2) is 0 Å². The zero-order chi connectivity index (χ0) is 12.7. The molecule has 3 heterocycles. The number of carbonyl (C=O) groups excluding carboxylic acids is 1. The molecular formula is C12H8N2O3S. The quantitative estimate of drug-likeness (QED) is 0.678. The second-order valence-corrected chi connectivity index (χ2v) is 4.51. The van der Waals surface area contributed by atoms with E-state index in [1.54, 1.807) is 11.4 Å². The summed E-state index contributed by atoms with van der Waals surface area (Å²) in [5.41, 5.74) is 1.35. The summed E-state index contributed by atoms with van der Waals surface area (Å²) in [5.74, 6) is -0.476. The number of methoxy groups -OCH3 is 1. The molecule has 0 aliphatic heterocycles. The van der Waals surface area contributed by atoms with E-state index in [1.807, 2.05) is 5.38 Å². The first-order valence-corrected chi connectivity index (χ1v) is 6.11. The molecule has 0 spiro atoms. The molecule has 0 atom stereocenters. The van der Waals surface area contributed by atoms with Crippen LogP contribution in [0.5, 0.6) is 0 Å². The van der Waals surface area contributed by atoms with Crippen LogP contribution in [0.2, 0.25) is 0 Å². The Kier molecular flexibility index (Phi) is 2.38. The van der Waals surface area contributed by atoms with Crippen LogP contribution in [-0.2, 0) is 4.74 Å². The molecule has 90 valence electrons. The molecule has 0 amide bonds.